The van der Waals surface area contributed by atoms with Gasteiger partial charge in [0.15, 0.2) is 0 Å². The Labute approximate surface area is 103 Å². The van der Waals surface area contributed by atoms with Crippen molar-refractivity contribution in [2.45, 2.75) is 45.3 Å². The number of rotatable bonds is 3. The predicted octanol–water partition coefficient (Wildman–Crippen LogP) is 3.05. The zero-order chi connectivity index (χ0) is 12.5. The van der Waals surface area contributed by atoms with Crippen LogP contribution in [0, 0.1) is 5.92 Å². The standard InChI is InChI=1S/C14H21NO2/c1-13(2)9-11(14(3,4)17-13)10-16-12-5-7-15-8-6-12/h5-8,11H,9-10H2,1-4H3/t11-/m1/s1. The van der Waals surface area contributed by atoms with Gasteiger partial charge in [0.05, 0.1) is 17.8 Å². The Morgan fingerprint density at radius 3 is 2.47 bits per heavy atom. The highest BCUT2D eigenvalue weighted by atomic mass is 16.5. The van der Waals surface area contributed by atoms with Crippen LogP contribution in [0.4, 0.5) is 0 Å². The van der Waals surface area contributed by atoms with Crippen molar-refractivity contribution in [1.82, 2.24) is 4.98 Å². The summed E-state index contributed by atoms with van der Waals surface area (Å²) in [5.74, 6) is 1.30. The van der Waals surface area contributed by atoms with Crippen LogP contribution in [0.15, 0.2) is 24.5 Å². The lowest BCUT2D eigenvalue weighted by Gasteiger charge is -2.27. The number of nitrogens with zero attached hydrogens (tertiary/aromatic N) is 1. The largest absolute Gasteiger partial charge is 0.493 e. The summed E-state index contributed by atoms with van der Waals surface area (Å²) in [6.45, 7) is 9.26. The quantitative estimate of drug-likeness (QED) is 0.807. The monoisotopic (exact) mass is 235 g/mol. The molecule has 0 spiro atoms. The van der Waals surface area contributed by atoms with E-state index >= 15 is 0 Å². The summed E-state index contributed by atoms with van der Waals surface area (Å²) >= 11 is 0. The summed E-state index contributed by atoms with van der Waals surface area (Å²) in [7, 11) is 0. The molecular formula is C14H21NO2. The van der Waals surface area contributed by atoms with Gasteiger partial charge in [0.1, 0.15) is 5.75 Å². The summed E-state index contributed by atoms with van der Waals surface area (Å²) in [6.07, 6.45) is 4.52. The van der Waals surface area contributed by atoms with E-state index < -0.39 is 0 Å². The van der Waals surface area contributed by atoms with Gasteiger partial charge in [0.25, 0.3) is 0 Å². The van der Waals surface area contributed by atoms with Gasteiger partial charge < -0.3 is 9.47 Å². The van der Waals surface area contributed by atoms with Crippen LogP contribution in [0.1, 0.15) is 34.1 Å². The Balaban J connectivity index is 1.96. The molecule has 1 saturated heterocycles. The van der Waals surface area contributed by atoms with Crippen LogP contribution in [-0.2, 0) is 4.74 Å². The lowest BCUT2D eigenvalue weighted by atomic mass is 9.88. The molecular weight excluding hydrogens is 214 g/mol. The maximum atomic E-state index is 6.04. The first-order valence-corrected chi connectivity index (χ1v) is 6.12. The van der Waals surface area contributed by atoms with Crippen molar-refractivity contribution in [3.05, 3.63) is 24.5 Å². The summed E-state index contributed by atoms with van der Waals surface area (Å²) < 4.78 is 11.8. The average molecular weight is 235 g/mol. The maximum absolute atomic E-state index is 6.04. The fourth-order valence-corrected chi connectivity index (χ4v) is 2.57. The van der Waals surface area contributed by atoms with Crippen LogP contribution < -0.4 is 4.74 Å². The third-order valence-electron chi connectivity index (χ3n) is 3.36. The van der Waals surface area contributed by atoms with Crippen molar-refractivity contribution in [2.24, 2.45) is 5.92 Å². The van der Waals surface area contributed by atoms with E-state index in [0.29, 0.717) is 12.5 Å². The first-order valence-electron chi connectivity index (χ1n) is 6.12. The summed E-state index contributed by atoms with van der Waals surface area (Å²) in [5.41, 5.74) is -0.160. The van der Waals surface area contributed by atoms with Gasteiger partial charge in [0.2, 0.25) is 0 Å². The summed E-state index contributed by atoms with van der Waals surface area (Å²) in [5, 5.41) is 0. The van der Waals surface area contributed by atoms with E-state index in [4.69, 9.17) is 9.47 Å². The molecule has 2 rings (SSSR count). The molecule has 0 aliphatic carbocycles. The zero-order valence-corrected chi connectivity index (χ0v) is 11.1. The molecule has 0 aromatic carbocycles. The molecule has 0 saturated carbocycles. The van der Waals surface area contributed by atoms with Crippen molar-refractivity contribution in [3.63, 3.8) is 0 Å². The molecule has 1 fully saturated rings. The van der Waals surface area contributed by atoms with Crippen LogP contribution in [0.5, 0.6) is 5.75 Å². The fraction of sp³-hybridized carbons (Fsp3) is 0.643. The molecule has 1 aliphatic rings. The molecule has 0 radical (unpaired) electrons. The van der Waals surface area contributed by atoms with E-state index in [1.165, 1.54) is 0 Å². The highest BCUT2D eigenvalue weighted by Gasteiger charge is 2.45. The Morgan fingerprint density at radius 2 is 1.94 bits per heavy atom. The van der Waals surface area contributed by atoms with Crippen LogP contribution in [-0.4, -0.2) is 22.8 Å². The molecule has 1 aliphatic heterocycles. The van der Waals surface area contributed by atoms with Gasteiger partial charge in [-0.1, -0.05) is 0 Å². The average Bonchev–Trinajstić information content (AvgIpc) is 2.45. The maximum Gasteiger partial charge on any atom is 0.122 e. The smallest absolute Gasteiger partial charge is 0.122 e. The molecule has 0 amide bonds. The number of pyridine rings is 1. The molecule has 0 unspecified atom stereocenters. The molecule has 1 aromatic heterocycles. The van der Waals surface area contributed by atoms with Crippen LogP contribution in [0.3, 0.4) is 0 Å². The number of hydrogen-bond acceptors (Lipinski definition) is 3. The third kappa shape index (κ3) is 2.97. The minimum absolute atomic E-state index is 0.0459. The van der Waals surface area contributed by atoms with Gasteiger partial charge in [-0.15, -0.1) is 0 Å². The minimum atomic E-state index is -0.115. The Morgan fingerprint density at radius 1 is 1.29 bits per heavy atom. The molecule has 3 heteroatoms. The van der Waals surface area contributed by atoms with Gasteiger partial charge in [-0.2, -0.15) is 0 Å². The second-order valence-electron chi connectivity index (χ2n) is 5.86. The Hall–Kier alpha value is -1.09. The summed E-state index contributed by atoms with van der Waals surface area (Å²) in [6, 6.07) is 3.77. The summed E-state index contributed by atoms with van der Waals surface area (Å²) in [4.78, 5) is 3.97. The van der Waals surface area contributed by atoms with Gasteiger partial charge in [-0.25, -0.2) is 0 Å². The molecule has 1 atom stereocenters. The van der Waals surface area contributed by atoms with Crippen LogP contribution in [0.25, 0.3) is 0 Å². The van der Waals surface area contributed by atoms with Gasteiger partial charge in [-0.05, 0) is 46.2 Å². The van der Waals surface area contributed by atoms with Crippen molar-refractivity contribution in [3.8, 4) is 5.75 Å². The van der Waals surface area contributed by atoms with E-state index in [2.05, 4.69) is 32.7 Å². The molecule has 0 N–H and O–H groups in total. The van der Waals surface area contributed by atoms with Crippen molar-refractivity contribution >= 4 is 0 Å². The van der Waals surface area contributed by atoms with Gasteiger partial charge in [-0.3, -0.25) is 4.98 Å². The molecule has 17 heavy (non-hydrogen) atoms. The molecule has 2 heterocycles. The second kappa shape index (κ2) is 4.30. The SMILES string of the molecule is CC1(C)C[C@H](COc2ccncc2)C(C)(C)O1. The molecule has 0 bridgehead atoms. The predicted molar refractivity (Wildman–Crippen MR) is 67.1 cm³/mol. The first-order chi connectivity index (χ1) is 7.89. The fourth-order valence-electron chi connectivity index (χ4n) is 2.57. The van der Waals surface area contributed by atoms with E-state index in [1.807, 2.05) is 12.1 Å². The van der Waals surface area contributed by atoms with Crippen LogP contribution >= 0.6 is 0 Å². The highest BCUT2D eigenvalue weighted by molar-refractivity contribution is 5.16. The minimum Gasteiger partial charge on any atom is -0.493 e. The molecule has 94 valence electrons. The zero-order valence-electron chi connectivity index (χ0n) is 11.1. The topological polar surface area (TPSA) is 31.4 Å². The second-order valence-corrected chi connectivity index (χ2v) is 5.86. The number of hydrogen-bond donors (Lipinski definition) is 0. The number of ether oxygens (including phenoxy) is 2. The van der Waals surface area contributed by atoms with Crippen molar-refractivity contribution in [1.29, 1.82) is 0 Å². The van der Waals surface area contributed by atoms with Crippen molar-refractivity contribution < 1.29 is 9.47 Å². The van der Waals surface area contributed by atoms with Gasteiger partial charge >= 0.3 is 0 Å². The highest BCUT2D eigenvalue weighted by Crippen LogP contribution is 2.41. The van der Waals surface area contributed by atoms with E-state index in [0.717, 1.165) is 12.2 Å². The lowest BCUT2D eigenvalue weighted by Crippen LogP contribution is -2.32. The number of aromatic nitrogens is 1. The van der Waals surface area contributed by atoms with Crippen molar-refractivity contribution in [2.75, 3.05) is 6.61 Å². The lowest BCUT2D eigenvalue weighted by molar-refractivity contribution is -0.0777. The first kappa shape index (κ1) is 12.4. The van der Waals surface area contributed by atoms with E-state index in [1.54, 1.807) is 12.4 Å². The molecule has 3 nitrogen and oxygen atoms in total. The Bertz CT molecular complexity index is 373. The van der Waals surface area contributed by atoms with Gasteiger partial charge in [0, 0.05) is 18.3 Å². The van der Waals surface area contributed by atoms with E-state index in [9.17, 15) is 0 Å². The molecule has 1 aromatic rings. The van der Waals surface area contributed by atoms with E-state index in [-0.39, 0.29) is 11.2 Å². The Kier molecular flexibility index (Phi) is 3.13. The normalized spacial score (nSPS) is 25.8. The third-order valence-corrected chi connectivity index (χ3v) is 3.36. The van der Waals surface area contributed by atoms with Crippen LogP contribution in [0.2, 0.25) is 0 Å².